The van der Waals surface area contributed by atoms with Gasteiger partial charge in [-0.25, -0.2) is 13.1 Å². The van der Waals surface area contributed by atoms with E-state index in [1.165, 1.54) is 13.0 Å². The molecule has 0 saturated heterocycles. The molecule has 1 amide bonds. The van der Waals surface area contributed by atoms with E-state index < -0.39 is 10.0 Å². The minimum Gasteiger partial charge on any atom is -0.326 e. The van der Waals surface area contributed by atoms with Crippen LogP contribution in [0.4, 0.5) is 5.69 Å². The highest BCUT2D eigenvalue weighted by atomic mass is 32.2. The summed E-state index contributed by atoms with van der Waals surface area (Å²) in [5, 5.41) is 2.62. The van der Waals surface area contributed by atoms with Gasteiger partial charge in [0, 0.05) is 18.7 Å². The number of hydrogen-bond donors (Lipinski definition) is 2. The molecule has 1 aliphatic carbocycles. The van der Waals surface area contributed by atoms with E-state index >= 15 is 0 Å². The molecule has 0 aromatic heterocycles. The van der Waals surface area contributed by atoms with Crippen molar-refractivity contribution in [1.29, 1.82) is 0 Å². The number of carbonyl (C=O) groups excluding carboxylic acids is 1. The van der Waals surface area contributed by atoms with Gasteiger partial charge in [-0.05, 0) is 56.2 Å². The third kappa shape index (κ3) is 4.30. The summed E-state index contributed by atoms with van der Waals surface area (Å²) in [7, 11) is -3.57. The molecular weight excluding hydrogens is 300 g/mol. The van der Waals surface area contributed by atoms with Crippen molar-refractivity contribution < 1.29 is 13.2 Å². The largest absolute Gasteiger partial charge is 0.326 e. The van der Waals surface area contributed by atoms with Crippen LogP contribution in [-0.2, 0) is 14.8 Å². The lowest BCUT2D eigenvalue weighted by molar-refractivity contribution is -0.114. The number of anilines is 1. The average molecular weight is 324 g/mol. The Hall–Kier alpha value is -1.40. The molecule has 0 radical (unpaired) electrons. The zero-order chi connectivity index (χ0) is 16.3. The number of hydrogen-bond acceptors (Lipinski definition) is 3. The molecule has 22 heavy (non-hydrogen) atoms. The molecule has 2 rings (SSSR count). The summed E-state index contributed by atoms with van der Waals surface area (Å²) in [5.41, 5.74) is 1.17. The predicted molar refractivity (Wildman–Crippen MR) is 87.2 cm³/mol. The summed E-state index contributed by atoms with van der Waals surface area (Å²) in [6.07, 6.45) is 3.87. The maximum absolute atomic E-state index is 12.6. The highest BCUT2D eigenvalue weighted by Crippen LogP contribution is 2.26. The molecule has 0 aliphatic heterocycles. The number of nitrogens with one attached hydrogen (secondary N) is 2. The molecule has 1 fully saturated rings. The van der Waals surface area contributed by atoms with E-state index in [1.807, 2.05) is 0 Å². The summed E-state index contributed by atoms with van der Waals surface area (Å²) in [6, 6.07) is 4.94. The van der Waals surface area contributed by atoms with Gasteiger partial charge in [-0.1, -0.05) is 13.0 Å². The molecule has 0 spiro atoms. The molecule has 1 aliphatic rings. The third-order valence-corrected chi connectivity index (χ3v) is 5.80. The summed E-state index contributed by atoms with van der Waals surface area (Å²) in [4.78, 5) is 11.4. The highest BCUT2D eigenvalue weighted by Gasteiger charge is 2.25. The summed E-state index contributed by atoms with van der Waals surface area (Å²) < 4.78 is 28.0. The fourth-order valence-electron chi connectivity index (χ4n) is 2.83. The second-order valence-electron chi connectivity index (χ2n) is 6.24. The fraction of sp³-hybridized carbons (Fsp3) is 0.562. The van der Waals surface area contributed by atoms with Crippen LogP contribution in [0.1, 0.15) is 45.1 Å². The van der Waals surface area contributed by atoms with E-state index in [-0.39, 0.29) is 16.8 Å². The van der Waals surface area contributed by atoms with E-state index in [0.717, 1.165) is 25.7 Å². The van der Waals surface area contributed by atoms with E-state index in [2.05, 4.69) is 17.0 Å². The van der Waals surface area contributed by atoms with Gasteiger partial charge < -0.3 is 5.32 Å². The van der Waals surface area contributed by atoms with Gasteiger partial charge in [0.05, 0.1) is 4.90 Å². The van der Waals surface area contributed by atoms with Crippen molar-refractivity contribution in [1.82, 2.24) is 4.72 Å². The van der Waals surface area contributed by atoms with Crippen LogP contribution in [0.2, 0.25) is 0 Å². The van der Waals surface area contributed by atoms with Gasteiger partial charge in [0.1, 0.15) is 0 Å². The Morgan fingerprint density at radius 3 is 2.41 bits per heavy atom. The molecule has 0 atom stereocenters. The number of amides is 1. The lowest BCUT2D eigenvalue weighted by Gasteiger charge is -2.27. The first kappa shape index (κ1) is 17.0. The van der Waals surface area contributed by atoms with Crippen molar-refractivity contribution in [2.45, 2.75) is 57.4 Å². The molecule has 5 nitrogen and oxygen atoms in total. The summed E-state index contributed by atoms with van der Waals surface area (Å²) in [6.45, 7) is 5.36. The molecule has 1 aromatic rings. The standard InChI is InChI=1S/C16H24N2O3S/c1-11-4-7-14(8-5-11)18-22(20,21)16-10-15(17-13(3)19)9-6-12(16)2/h6,9-11,14,18H,4-5,7-8H2,1-3H3,(H,17,19). The van der Waals surface area contributed by atoms with Gasteiger partial charge >= 0.3 is 0 Å². The zero-order valence-electron chi connectivity index (χ0n) is 13.3. The van der Waals surface area contributed by atoms with Crippen LogP contribution in [0.3, 0.4) is 0 Å². The van der Waals surface area contributed by atoms with Crippen molar-refractivity contribution in [3.8, 4) is 0 Å². The van der Waals surface area contributed by atoms with Crippen molar-refractivity contribution in [3.63, 3.8) is 0 Å². The normalized spacial score (nSPS) is 22.3. The van der Waals surface area contributed by atoms with E-state index in [9.17, 15) is 13.2 Å². The summed E-state index contributed by atoms with van der Waals surface area (Å²) in [5.74, 6) is 0.451. The first-order valence-corrected chi connectivity index (χ1v) is 9.17. The average Bonchev–Trinajstić information content (AvgIpc) is 2.42. The third-order valence-electron chi connectivity index (χ3n) is 4.14. The van der Waals surface area contributed by atoms with Crippen molar-refractivity contribution in [2.75, 3.05) is 5.32 Å². The topological polar surface area (TPSA) is 75.3 Å². The van der Waals surface area contributed by atoms with E-state index in [4.69, 9.17) is 0 Å². The Bertz CT molecular complexity index is 647. The first-order chi connectivity index (χ1) is 10.3. The molecule has 122 valence electrons. The van der Waals surface area contributed by atoms with Crippen LogP contribution in [0, 0.1) is 12.8 Å². The second kappa shape index (κ2) is 6.79. The molecule has 1 aromatic carbocycles. The lowest BCUT2D eigenvalue weighted by Crippen LogP contribution is -2.37. The molecule has 1 saturated carbocycles. The van der Waals surface area contributed by atoms with Gasteiger partial charge in [-0.2, -0.15) is 0 Å². The van der Waals surface area contributed by atoms with Crippen LogP contribution in [0.15, 0.2) is 23.1 Å². The Kier molecular flexibility index (Phi) is 5.24. The molecular formula is C16H24N2O3S. The van der Waals surface area contributed by atoms with Crippen LogP contribution in [0.25, 0.3) is 0 Å². The summed E-state index contributed by atoms with van der Waals surface area (Å²) >= 11 is 0. The SMILES string of the molecule is CC(=O)Nc1ccc(C)c(S(=O)(=O)NC2CCC(C)CC2)c1. The van der Waals surface area contributed by atoms with Gasteiger partial charge in [0.15, 0.2) is 0 Å². The van der Waals surface area contributed by atoms with Crippen LogP contribution in [0.5, 0.6) is 0 Å². The van der Waals surface area contributed by atoms with Crippen LogP contribution >= 0.6 is 0 Å². The fourth-order valence-corrected chi connectivity index (χ4v) is 4.41. The minimum absolute atomic E-state index is 0.00465. The monoisotopic (exact) mass is 324 g/mol. The van der Waals surface area contributed by atoms with E-state index in [0.29, 0.717) is 17.2 Å². The van der Waals surface area contributed by atoms with Crippen molar-refractivity contribution in [3.05, 3.63) is 23.8 Å². The number of aryl methyl sites for hydroxylation is 1. The van der Waals surface area contributed by atoms with Crippen molar-refractivity contribution in [2.24, 2.45) is 5.92 Å². The lowest BCUT2D eigenvalue weighted by atomic mass is 9.88. The Balaban J connectivity index is 2.19. The Labute approximate surface area is 132 Å². The maximum Gasteiger partial charge on any atom is 0.241 e. The maximum atomic E-state index is 12.6. The number of benzene rings is 1. The quantitative estimate of drug-likeness (QED) is 0.894. The zero-order valence-corrected chi connectivity index (χ0v) is 14.2. The van der Waals surface area contributed by atoms with Crippen LogP contribution in [-0.4, -0.2) is 20.4 Å². The minimum atomic E-state index is -3.57. The second-order valence-corrected chi connectivity index (χ2v) is 7.92. The van der Waals surface area contributed by atoms with Gasteiger partial charge in [0.25, 0.3) is 0 Å². The Morgan fingerprint density at radius 2 is 1.82 bits per heavy atom. The van der Waals surface area contributed by atoms with Gasteiger partial charge in [-0.3, -0.25) is 4.79 Å². The number of sulfonamides is 1. The first-order valence-electron chi connectivity index (χ1n) is 7.68. The number of rotatable bonds is 4. The highest BCUT2D eigenvalue weighted by molar-refractivity contribution is 7.89. The van der Waals surface area contributed by atoms with Crippen molar-refractivity contribution >= 4 is 21.6 Å². The van der Waals surface area contributed by atoms with E-state index in [1.54, 1.807) is 19.1 Å². The molecule has 0 heterocycles. The predicted octanol–water partition coefficient (Wildman–Crippen LogP) is 2.81. The number of carbonyl (C=O) groups is 1. The molecule has 6 heteroatoms. The van der Waals surface area contributed by atoms with Crippen LogP contribution < -0.4 is 10.0 Å². The van der Waals surface area contributed by atoms with Gasteiger partial charge in [0.2, 0.25) is 15.9 Å². The van der Waals surface area contributed by atoms with Gasteiger partial charge in [-0.15, -0.1) is 0 Å². The molecule has 2 N–H and O–H groups in total. The molecule has 0 unspecified atom stereocenters. The Morgan fingerprint density at radius 1 is 1.18 bits per heavy atom. The smallest absolute Gasteiger partial charge is 0.241 e. The molecule has 0 bridgehead atoms.